The molecule has 2 heterocycles. The van der Waals surface area contributed by atoms with Crippen LogP contribution in [0.3, 0.4) is 0 Å². The number of rotatable bonds is 3. The molecule has 0 aromatic heterocycles. The van der Waals surface area contributed by atoms with Crippen LogP contribution in [0.1, 0.15) is 50.5 Å². The molecule has 4 aromatic carbocycles. The minimum atomic E-state index is 0.875. The maximum atomic E-state index is 2.46. The first-order valence-corrected chi connectivity index (χ1v) is 13.2. The van der Waals surface area contributed by atoms with E-state index in [-0.39, 0.29) is 0 Å². The summed E-state index contributed by atoms with van der Waals surface area (Å²) in [5.74, 6) is 0.955. The van der Waals surface area contributed by atoms with Crippen molar-refractivity contribution >= 4 is 32.3 Å². The average Bonchev–Trinajstić information content (AvgIpc) is 3.33. The molecule has 0 amide bonds. The van der Waals surface area contributed by atoms with Gasteiger partial charge in [-0.15, -0.1) is 0 Å². The van der Waals surface area contributed by atoms with E-state index in [1.165, 1.54) is 103 Å². The van der Waals surface area contributed by atoms with Gasteiger partial charge in [0.05, 0.1) is 6.54 Å². The number of hydrogen-bond acceptors (Lipinski definition) is 0. The van der Waals surface area contributed by atoms with Gasteiger partial charge in [-0.1, -0.05) is 73.9 Å². The van der Waals surface area contributed by atoms with Crippen LogP contribution in [-0.4, -0.2) is 31.7 Å². The maximum Gasteiger partial charge on any atom is 0.143 e. The fourth-order valence-corrected chi connectivity index (χ4v) is 8.01. The van der Waals surface area contributed by atoms with Gasteiger partial charge in [0.2, 0.25) is 0 Å². The zero-order chi connectivity index (χ0) is 21.1. The second-order valence-electron chi connectivity index (χ2n) is 11.0. The van der Waals surface area contributed by atoms with Gasteiger partial charge in [-0.25, -0.2) is 0 Å². The van der Waals surface area contributed by atoms with E-state index in [1.54, 1.807) is 5.56 Å². The van der Waals surface area contributed by atoms with Gasteiger partial charge in [0.15, 0.2) is 0 Å². The van der Waals surface area contributed by atoms with Gasteiger partial charge in [0.25, 0.3) is 0 Å². The molecule has 7 rings (SSSR count). The van der Waals surface area contributed by atoms with Crippen LogP contribution in [0.15, 0.2) is 54.6 Å². The first-order chi connectivity index (χ1) is 15.9. The van der Waals surface area contributed by atoms with Gasteiger partial charge in [-0.2, -0.15) is 0 Å². The second kappa shape index (κ2) is 7.71. The Morgan fingerprint density at radius 3 is 2.25 bits per heavy atom. The average molecular weight is 425 g/mol. The third-order valence-corrected chi connectivity index (χ3v) is 9.40. The molecule has 164 valence electrons. The monoisotopic (exact) mass is 424 g/mol. The van der Waals surface area contributed by atoms with E-state index in [0.717, 1.165) is 18.0 Å². The van der Waals surface area contributed by atoms with Crippen LogP contribution < -0.4 is 9.80 Å². The van der Waals surface area contributed by atoms with Crippen LogP contribution in [0, 0.1) is 5.92 Å². The zero-order valence-corrected chi connectivity index (χ0v) is 19.2. The lowest BCUT2D eigenvalue weighted by molar-refractivity contribution is -1.05. The number of quaternary nitrogens is 2. The van der Waals surface area contributed by atoms with Gasteiger partial charge >= 0.3 is 0 Å². The van der Waals surface area contributed by atoms with Crippen molar-refractivity contribution in [3.63, 3.8) is 0 Å². The molecule has 0 radical (unpaired) electrons. The smallest absolute Gasteiger partial charge is 0.143 e. The minimum Gasteiger partial charge on any atom is -0.323 e. The number of fused-ring (bicyclic) bond motifs is 1. The molecule has 32 heavy (non-hydrogen) atoms. The highest BCUT2D eigenvalue weighted by Crippen LogP contribution is 2.36. The molecule has 1 aliphatic carbocycles. The summed E-state index contributed by atoms with van der Waals surface area (Å²) < 4.78 is 0. The third kappa shape index (κ3) is 2.99. The van der Waals surface area contributed by atoms with Crippen LogP contribution in [0.4, 0.5) is 0 Å². The van der Waals surface area contributed by atoms with Gasteiger partial charge in [-0.3, -0.25) is 0 Å². The summed E-state index contributed by atoms with van der Waals surface area (Å²) in [5, 5.41) is 8.63. The number of benzene rings is 4. The van der Waals surface area contributed by atoms with Crippen LogP contribution in [0.25, 0.3) is 32.3 Å². The summed E-state index contributed by atoms with van der Waals surface area (Å²) in [6.45, 7) is 5.38. The van der Waals surface area contributed by atoms with Crippen LogP contribution >= 0.6 is 0 Å². The van der Waals surface area contributed by atoms with E-state index in [0.29, 0.717) is 0 Å². The zero-order valence-electron chi connectivity index (χ0n) is 19.2. The van der Waals surface area contributed by atoms with Crippen molar-refractivity contribution in [2.45, 2.75) is 63.6 Å². The molecule has 0 spiro atoms. The molecule has 2 saturated heterocycles. The Hall–Kier alpha value is -2.16. The van der Waals surface area contributed by atoms with Crippen molar-refractivity contribution < 1.29 is 9.80 Å². The first kappa shape index (κ1) is 19.3. The van der Waals surface area contributed by atoms with E-state index in [9.17, 15) is 0 Å². The molecule has 2 nitrogen and oxygen atoms in total. The van der Waals surface area contributed by atoms with Crippen molar-refractivity contribution in [2.24, 2.45) is 5.92 Å². The Labute approximate surface area is 191 Å². The van der Waals surface area contributed by atoms with Gasteiger partial charge < -0.3 is 9.80 Å². The Morgan fingerprint density at radius 2 is 1.41 bits per heavy atom. The topological polar surface area (TPSA) is 8.88 Å². The van der Waals surface area contributed by atoms with Crippen molar-refractivity contribution in [3.05, 3.63) is 60.2 Å². The highest BCUT2D eigenvalue weighted by atomic mass is 15.3. The molecule has 2 unspecified atom stereocenters. The van der Waals surface area contributed by atoms with E-state index in [4.69, 9.17) is 0 Å². The molecule has 3 fully saturated rings. The summed E-state index contributed by atoms with van der Waals surface area (Å²) in [6, 6.07) is 22.8. The Morgan fingerprint density at radius 1 is 0.656 bits per heavy atom. The second-order valence-corrected chi connectivity index (χ2v) is 11.0. The fourth-order valence-electron chi connectivity index (χ4n) is 8.01. The molecule has 2 aliphatic heterocycles. The standard InChI is InChI=1S/C30H34N2/c1-2-6-24(7-3-1)30-27-10-5-17-31(27)18-19-32(30)20-25-14-13-23-12-11-21-8-4-9-22-15-16-26(25)29(23)28(21)22/h4,8-9,11-16,24,27,30H,1-3,5-7,10,17-20H2/p+2/t27-,30+/m0/s1. The molecule has 4 atom stereocenters. The molecular formula is C30H36N2+2. The Bertz CT molecular complexity index is 1240. The van der Waals surface area contributed by atoms with Gasteiger partial charge in [0, 0.05) is 24.3 Å². The highest BCUT2D eigenvalue weighted by molar-refractivity contribution is 6.23. The predicted octanol–water partition coefficient (Wildman–Crippen LogP) is 3.98. The molecular weight excluding hydrogens is 388 g/mol. The molecule has 1 saturated carbocycles. The summed E-state index contributed by atoms with van der Waals surface area (Å²) in [4.78, 5) is 3.85. The van der Waals surface area contributed by atoms with E-state index in [1.807, 2.05) is 9.80 Å². The van der Waals surface area contributed by atoms with Crippen molar-refractivity contribution in [3.8, 4) is 0 Å². The quantitative estimate of drug-likeness (QED) is 0.461. The van der Waals surface area contributed by atoms with E-state index >= 15 is 0 Å². The minimum absolute atomic E-state index is 0.875. The molecule has 4 aromatic rings. The van der Waals surface area contributed by atoms with Crippen molar-refractivity contribution in [2.75, 3.05) is 19.6 Å². The van der Waals surface area contributed by atoms with Gasteiger partial charge in [-0.05, 0) is 45.2 Å². The summed E-state index contributed by atoms with van der Waals surface area (Å²) in [6.07, 6.45) is 10.3. The largest absolute Gasteiger partial charge is 0.323 e. The predicted molar refractivity (Wildman–Crippen MR) is 134 cm³/mol. The molecule has 2 heteroatoms. The number of nitrogens with one attached hydrogen (secondary N) is 2. The van der Waals surface area contributed by atoms with E-state index < -0.39 is 0 Å². The summed E-state index contributed by atoms with van der Waals surface area (Å²) >= 11 is 0. The molecule has 0 bridgehead atoms. The Kier molecular flexibility index (Phi) is 4.66. The fraction of sp³-hybridized carbons (Fsp3) is 0.467. The number of hydrogen-bond donors (Lipinski definition) is 2. The van der Waals surface area contributed by atoms with Crippen LogP contribution in [0.5, 0.6) is 0 Å². The summed E-state index contributed by atoms with van der Waals surface area (Å²) in [7, 11) is 0. The van der Waals surface area contributed by atoms with E-state index in [2.05, 4.69) is 54.6 Å². The summed E-state index contributed by atoms with van der Waals surface area (Å²) in [5.41, 5.74) is 1.58. The van der Waals surface area contributed by atoms with Crippen LogP contribution in [0.2, 0.25) is 0 Å². The number of piperazine rings is 1. The Balaban J connectivity index is 1.31. The van der Waals surface area contributed by atoms with Gasteiger partial charge in [0.1, 0.15) is 31.7 Å². The third-order valence-electron chi connectivity index (χ3n) is 9.40. The lowest BCUT2D eigenvalue weighted by atomic mass is 9.78. The normalized spacial score (nSPS) is 29.2. The van der Waals surface area contributed by atoms with Crippen molar-refractivity contribution in [1.82, 2.24) is 0 Å². The first-order valence-electron chi connectivity index (χ1n) is 13.2. The SMILES string of the molecule is c1cc2ccc3ccc(C[NH+]4CC[NH+]5CCC[C@H]5[C@H]4C4CCCCC4)c4ccc(c1)c2c34. The lowest BCUT2D eigenvalue weighted by Crippen LogP contribution is -3.32. The molecule has 2 N–H and O–H groups in total. The van der Waals surface area contributed by atoms with Crippen molar-refractivity contribution in [1.29, 1.82) is 0 Å². The maximum absolute atomic E-state index is 2.46. The van der Waals surface area contributed by atoms with Crippen LogP contribution in [-0.2, 0) is 6.54 Å². The lowest BCUT2D eigenvalue weighted by Gasteiger charge is -2.44. The highest BCUT2D eigenvalue weighted by Gasteiger charge is 2.49. The molecule has 3 aliphatic rings.